The zero-order valence-electron chi connectivity index (χ0n) is 14.9. The van der Waals surface area contributed by atoms with Crippen molar-refractivity contribution >= 4 is 35.2 Å². The fourth-order valence-electron chi connectivity index (χ4n) is 2.64. The molecule has 2 aromatic carbocycles. The number of likely N-dealkylation sites (N-methyl/N-ethyl adjacent to an activating group) is 1. The van der Waals surface area contributed by atoms with E-state index in [1.807, 2.05) is 55.5 Å². The van der Waals surface area contributed by atoms with Crippen LogP contribution in [-0.4, -0.2) is 35.6 Å². The third kappa shape index (κ3) is 5.51. The molecule has 0 saturated carbocycles. The molecule has 2 aromatic rings. The number of carbonyl (C=O) groups excluding carboxylic acids is 2. The van der Waals surface area contributed by atoms with Crippen LogP contribution in [0.5, 0.6) is 0 Å². The molecule has 0 aliphatic carbocycles. The van der Waals surface area contributed by atoms with Crippen LogP contribution in [0.1, 0.15) is 18.9 Å². The van der Waals surface area contributed by atoms with Gasteiger partial charge in [0.05, 0.1) is 5.75 Å². The van der Waals surface area contributed by atoms with Gasteiger partial charge in [-0.3, -0.25) is 9.59 Å². The van der Waals surface area contributed by atoms with E-state index in [1.54, 1.807) is 18.0 Å². The van der Waals surface area contributed by atoms with Crippen molar-refractivity contribution in [2.45, 2.75) is 30.8 Å². The molecular weight excluding hydrogens is 368 g/mol. The standard InChI is InChI=1S/C20H23ClN2O2S/c1-3-18(20(25)22-2)23(13-15-9-7-8-12-17(15)21)19(24)14-26-16-10-5-4-6-11-16/h4-12,18H,3,13-14H2,1-2H3,(H,22,25)/t18-/m0/s1. The Balaban J connectivity index is 2.19. The van der Waals surface area contributed by atoms with Gasteiger partial charge in [0.2, 0.25) is 11.8 Å². The molecule has 6 heteroatoms. The molecule has 2 amide bonds. The maximum atomic E-state index is 12.9. The van der Waals surface area contributed by atoms with Gasteiger partial charge in [0, 0.05) is 23.5 Å². The number of benzene rings is 2. The van der Waals surface area contributed by atoms with Crippen LogP contribution in [-0.2, 0) is 16.1 Å². The first kappa shape index (κ1) is 20.3. The van der Waals surface area contributed by atoms with Gasteiger partial charge in [0.25, 0.3) is 0 Å². The van der Waals surface area contributed by atoms with Gasteiger partial charge >= 0.3 is 0 Å². The second kappa shape index (κ2) is 10.2. The van der Waals surface area contributed by atoms with E-state index >= 15 is 0 Å². The molecule has 0 aliphatic heterocycles. The van der Waals surface area contributed by atoms with Crippen molar-refractivity contribution in [2.75, 3.05) is 12.8 Å². The number of rotatable bonds is 8. The summed E-state index contributed by atoms with van der Waals surface area (Å²) in [6.07, 6.45) is 0.534. The highest BCUT2D eigenvalue weighted by Crippen LogP contribution is 2.22. The molecule has 1 atom stereocenters. The monoisotopic (exact) mass is 390 g/mol. The lowest BCUT2D eigenvalue weighted by molar-refractivity contribution is -0.139. The Morgan fingerprint density at radius 3 is 2.38 bits per heavy atom. The summed E-state index contributed by atoms with van der Waals surface area (Å²) in [6, 6.07) is 16.6. The van der Waals surface area contributed by atoms with Gasteiger partial charge in [-0.05, 0) is 30.2 Å². The highest BCUT2D eigenvalue weighted by Gasteiger charge is 2.28. The molecule has 0 heterocycles. The zero-order valence-corrected chi connectivity index (χ0v) is 16.5. The highest BCUT2D eigenvalue weighted by molar-refractivity contribution is 8.00. The Labute approximate surface area is 163 Å². The van der Waals surface area contributed by atoms with Crippen molar-refractivity contribution < 1.29 is 9.59 Å². The van der Waals surface area contributed by atoms with Gasteiger partial charge in [0.1, 0.15) is 6.04 Å². The topological polar surface area (TPSA) is 49.4 Å². The normalized spacial score (nSPS) is 11.7. The summed E-state index contributed by atoms with van der Waals surface area (Å²) in [5.41, 5.74) is 0.828. The van der Waals surface area contributed by atoms with E-state index < -0.39 is 6.04 Å². The molecule has 2 rings (SSSR count). The van der Waals surface area contributed by atoms with Crippen LogP contribution in [0.3, 0.4) is 0 Å². The van der Waals surface area contributed by atoms with Crippen molar-refractivity contribution in [1.82, 2.24) is 10.2 Å². The largest absolute Gasteiger partial charge is 0.357 e. The molecule has 0 aliphatic rings. The lowest BCUT2D eigenvalue weighted by Gasteiger charge is -2.30. The van der Waals surface area contributed by atoms with Crippen LogP contribution in [0.15, 0.2) is 59.5 Å². The van der Waals surface area contributed by atoms with E-state index in [2.05, 4.69) is 5.32 Å². The van der Waals surface area contributed by atoms with Gasteiger partial charge in [-0.25, -0.2) is 0 Å². The smallest absolute Gasteiger partial charge is 0.242 e. The number of amides is 2. The van der Waals surface area contributed by atoms with Gasteiger partial charge in [-0.2, -0.15) is 0 Å². The number of nitrogens with zero attached hydrogens (tertiary/aromatic N) is 1. The summed E-state index contributed by atoms with van der Waals surface area (Å²) in [5.74, 6) is 0.00828. The Bertz CT molecular complexity index is 740. The van der Waals surface area contributed by atoms with E-state index in [0.29, 0.717) is 18.0 Å². The van der Waals surface area contributed by atoms with Crippen molar-refractivity contribution in [2.24, 2.45) is 0 Å². The molecule has 0 spiro atoms. The fourth-order valence-corrected chi connectivity index (χ4v) is 3.64. The SMILES string of the molecule is CC[C@@H](C(=O)NC)N(Cc1ccccc1Cl)C(=O)CSc1ccccc1. The van der Waals surface area contributed by atoms with Crippen LogP contribution in [0.4, 0.5) is 0 Å². The molecular formula is C20H23ClN2O2S. The Morgan fingerprint density at radius 1 is 1.12 bits per heavy atom. The molecule has 0 saturated heterocycles. The van der Waals surface area contributed by atoms with E-state index in [1.165, 1.54) is 11.8 Å². The second-order valence-electron chi connectivity index (χ2n) is 5.75. The number of nitrogens with one attached hydrogen (secondary N) is 1. The van der Waals surface area contributed by atoms with Crippen molar-refractivity contribution in [3.05, 3.63) is 65.2 Å². The lowest BCUT2D eigenvalue weighted by atomic mass is 10.1. The van der Waals surface area contributed by atoms with Crippen LogP contribution in [0.2, 0.25) is 5.02 Å². The van der Waals surface area contributed by atoms with Crippen molar-refractivity contribution in [3.63, 3.8) is 0 Å². The Kier molecular flexibility index (Phi) is 8.01. The summed E-state index contributed by atoms with van der Waals surface area (Å²) in [4.78, 5) is 27.9. The van der Waals surface area contributed by atoms with Crippen LogP contribution < -0.4 is 5.32 Å². The van der Waals surface area contributed by atoms with Crippen LogP contribution in [0, 0.1) is 0 Å². The predicted octanol–water partition coefficient (Wildman–Crippen LogP) is 3.99. The first-order valence-corrected chi connectivity index (χ1v) is 9.85. The maximum Gasteiger partial charge on any atom is 0.242 e. The van der Waals surface area contributed by atoms with Gasteiger partial charge < -0.3 is 10.2 Å². The quantitative estimate of drug-likeness (QED) is 0.693. The minimum Gasteiger partial charge on any atom is -0.357 e. The van der Waals surface area contributed by atoms with Gasteiger partial charge in [0.15, 0.2) is 0 Å². The maximum absolute atomic E-state index is 12.9. The number of carbonyl (C=O) groups is 2. The van der Waals surface area contributed by atoms with Gasteiger partial charge in [-0.1, -0.05) is 54.9 Å². The first-order chi connectivity index (χ1) is 12.6. The summed E-state index contributed by atoms with van der Waals surface area (Å²) in [6.45, 7) is 2.21. The second-order valence-corrected chi connectivity index (χ2v) is 7.21. The summed E-state index contributed by atoms with van der Waals surface area (Å²) < 4.78 is 0. The first-order valence-electron chi connectivity index (χ1n) is 8.49. The average molecular weight is 391 g/mol. The van der Waals surface area contributed by atoms with E-state index in [9.17, 15) is 9.59 Å². The third-order valence-electron chi connectivity index (χ3n) is 4.04. The molecule has 0 radical (unpaired) electrons. The predicted molar refractivity (Wildman–Crippen MR) is 107 cm³/mol. The minimum atomic E-state index is -0.528. The summed E-state index contributed by atoms with van der Waals surface area (Å²) in [5, 5.41) is 3.24. The number of thioether (sulfide) groups is 1. The molecule has 0 aromatic heterocycles. The average Bonchev–Trinajstić information content (AvgIpc) is 2.67. The summed E-state index contributed by atoms with van der Waals surface area (Å²) >= 11 is 7.73. The van der Waals surface area contributed by atoms with E-state index in [4.69, 9.17) is 11.6 Å². The number of hydrogen-bond acceptors (Lipinski definition) is 3. The minimum absolute atomic E-state index is 0.0887. The molecule has 1 N–H and O–H groups in total. The van der Waals surface area contributed by atoms with Gasteiger partial charge in [-0.15, -0.1) is 11.8 Å². The van der Waals surface area contributed by atoms with Crippen molar-refractivity contribution in [1.29, 1.82) is 0 Å². The molecule has 0 fully saturated rings. The molecule has 26 heavy (non-hydrogen) atoms. The fraction of sp³-hybridized carbons (Fsp3) is 0.300. The highest BCUT2D eigenvalue weighted by atomic mass is 35.5. The van der Waals surface area contributed by atoms with E-state index in [-0.39, 0.29) is 17.6 Å². The summed E-state index contributed by atoms with van der Waals surface area (Å²) in [7, 11) is 1.59. The molecule has 138 valence electrons. The lowest BCUT2D eigenvalue weighted by Crippen LogP contribution is -2.48. The zero-order chi connectivity index (χ0) is 18.9. The molecule has 0 unspecified atom stereocenters. The molecule has 4 nitrogen and oxygen atoms in total. The van der Waals surface area contributed by atoms with Crippen LogP contribution in [0.25, 0.3) is 0 Å². The molecule has 0 bridgehead atoms. The Hall–Kier alpha value is -1.98. The van der Waals surface area contributed by atoms with E-state index in [0.717, 1.165) is 10.5 Å². The number of hydrogen-bond donors (Lipinski definition) is 1. The van der Waals surface area contributed by atoms with Crippen molar-refractivity contribution in [3.8, 4) is 0 Å². The third-order valence-corrected chi connectivity index (χ3v) is 5.40. The Morgan fingerprint density at radius 2 is 1.77 bits per heavy atom. The van der Waals surface area contributed by atoms with Crippen LogP contribution >= 0.6 is 23.4 Å². The number of halogens is 1.